The number of rotatable bonds is 12. The normalized spacial score (nSPS) is 10.9. The summed E-state index contributed by atoms with van der Waals surface area (Å²) < 4.78 is 0. The van der Waals surface area contributed by atoms with E-state index in [0.717, 1.165) is 12.8 Å². The zero-order valence-corrected chi connectivity index (χ0v) is 20.3. The van der Waals surface area contributed by atoms with Crippen LogP contribution in [0.15, 0.2) is 54.6 Å². The van der Waals surface area contributed by atoms with Crippen LogP contribution >= 0.6 is 24.8 Å². The molecule has 2 rings (SSSR count). The molecule has 2 nitrogen and oxygen atoms in total. The van der Waals surface area contributed by atoms with Crippen molar-refractivity contribution in [2.24, 2.45) is 0 Å². The van der Waals surface area contributed by atoms with E-state index in [1.54, 1.807) is 11.1 Å². The van der Waals surface area contributed by atoms with Gasteiger partial charge in [-0.1, -0.05) is 54.6 Å². The molecule has 0 fully saturated rings. The van der Waals surface area contributed by atoms with Crippen molar-refractivity contribution in [3.8, 4) is 0 Å². The van der Waals surface area contributed by atoms with Gasteiger partial charge in [-0.05, 0) is 102 Å². The first-order valence-electron chi connectivity index (χ1n) is 10.5. The summed E-state index contributed by atoms with van der Waals surface area (Å²) in [6.07, 6.45) is 7.37. The summed E-state index contributed by atoms with van der Waals surface area (Å²) in [5.74, 6) is 0.678. The number of benzene rings is 2. The van der Waals surface area contributed by atoms with Crippen LogP contribution in [0.25, 0.3) is 0 Å². The SMILES string of the molecule is CN(C)CCCC(CCCN(C)C)c1ccccc1CCc1ccccc1.Cl.Cl. The van der Waals surface area contributed by atoms with Crippen molar-refractivity contribution in [3.05, 3.63) is 71.3 Å². The van der Waals surface area contributed by atoms with Crippen molar-refractivity contribution in [2.45, 2.75) is 44.4 Å². The van der Waals surface area contributed by atoms with E-state index < -0.39 is 0 Å². The highest BCUT2D eigenvalue weighted by Gasteiger charge is 2.15. The molecule has 0 unspecified atom stereocenters. The molecule has 0 saturated carbocycles. The minimum Gasteiger partial charge on any atom is -0.309 e. The monoisotopic (exact) mass is 438 g/mol. The molecular weight excluding hydrogens is 399 g/mol. The Kier molecular flexibility index (Phi) is 15.2. The van der Waals surface area contributed by atoms with Crippen molar-refractivity contribution in [1.82, 2.24) is 9.80 Å². The Morgan fingerprint density at radius 2 is 1.17 bits per heavy atom. The third-order valence-electron chi connectivity index (χ3n) is 5.34. The minimum atomic E-state index is 0. The fourth-order valence-corrected chi connectivity index (χ4v) is 3.85. The van der Waals surface area contributed by atoms with Gasteiger partial charge < -0.3 is 9.80 Å². The van der Waals surface area contributed by atoms with E-state index in [1.165, 1.54) is 44.3 Å². The molecule has 0 heterocycles. The molecule has 0 aliphatic heterocycles. The topological polar surface area (TPSA) is 6.48 Å². The Morgan fingerprint density at radius 3 is 1.72 bits per heavy atom. The molecule has 0 aromatic heterocycles. The summed E-state index contributed by atoms with van der Waals surface area (Å²) >= 11 is 0. The minimum absolute atomic E-state index is 0. The lowest BCUT2D eigenvalue weighted by Gasteiger charge is -2.22. The standard InChI is InChI=1S/C25H38N2.2ClH/c1-26(2)20-10-15-23(16-11-21-27(3)4)25-17-9-8-14-24(25)19-18-22-12-6-5-7-13-22;;/h5-9,12-14,17,23H,10-11,15-16,18-21H2,1-4H3;2*1H. The van der Waals surface area contributed by atoms with Crippen molar-refractivity contribution in [2.75, 3.05) is 41.3 Å². The van der Waals surface area contributed by atoms with E-state index in [2.05, 4.69) is 92.6 Å². The summed E-state index contributed by atoms with van der Waals surface area (Å²) in [6, 6.07) is 20.1. The lowest BCUT2D eigenvalue weighted by atomic mass is 9.85. The fraction of sp³-hybridized carbons (Fsp3) is 0.520. The molecule has 0 saturated heterocycles. The molecule has 0 aliphatic carbocycles. The van der Waals surface area contributed by atoms with Crippen LogP contribution in [0.1, 0.15) is 48.3 Å². The molecule has 0 N–H and O–H groups in total. The first kappa shape index (κ1) is 27.9. The fourth-order valence-electron chi connectivity index (χ4n) is 3.85. The van der Waals surface area contributed by atoms with Crippen LogP contribution in [-0.4, -0.2) is 51.1 Å². The molecule has 4 heteroatoms. The van der Waals surface area contributed by atoms with Gasteiger partial charge in [0.15, 0.2) is 0 Å². The summed E-state index contributed by atoms with van der Waals surface area (Å²) in [5.41, 5.74) is 4.57. The summed E-state index contributed by atoms with van der Waals surface area (Å²) in [5, 5.41) is 0. The maximum atomic E-state index is 2.39. The Bertz CT molecular complexity index is 630. The Hall–Kier alpha value is -1.06. The number of nitrogens with zero attached hydrogens (tertiary/aromatic N) is 2. The quantitative estimate of drug-likeness (QED) is 0.395. The van der Waals surface area contributed by atoms with Crippen LogP contribution in [0, 0.1) is 0 Å². The third-order valence-corrected chi connectivity index (χ3v) is 5.34. The van der Waals surface area contributed by atoms with Crippen LogP contribution in [-0.2, 0) is 12.8 Å². The van der Waals surface area contributed by atoms with E-state index in [9.17, 15) is 0 Å². The van der Waals surface area contributed by atoms with Crippen LogP contribution < -0.4 is 0 Å². The van der Waals surface area contributed by atoms with Gasteiger partial charge in [0.2, 0.25) is 0 Å². The second-order valence-corrected chi connectivity index (χ2v) is 8.27. The Balaban J connectivity index is 0.00000392. The van der Waals surface area contributed by atoms with Crippen LogP contribution in [0.5, 0.6) is 0 Å². The summed E-state index contributed by atoms with van der Waals surface area (Å²) in [7, 11) is 8.70. The molecule has 0 bridgehead atoms. The average molecular weight is 440 g/mol. The first-order valence-corrected chi connectivity index (χ1v) is 10.5. The number of halogens is 2. The van der Waals surface area contributed by atoms with Gasteiger partial charge in [0.25, 0.3) is 0 Å². The maximum Gasteiger partial charge on any atom is -0.00246 e. The van der Waals surface area contributed by atoms with Gasteiger partial charge in [-0.3, -0.25) is 0 Å². The number of hydrogen-bond donors (Lipinski definition) is 0. The lowest BCUT2D eigenvalue weighted by molar-refractivity contribution is 0.361. The smallest absolute Gasteiger partial charge is 0.00246 e. The second kappa shape index (κ2) is 15.7. The average Bonchev–Trinajstić information content (AvgIpc) is 2.66. The maximum absolute atomic E-state index is 2.39. The number of aryl methyl sites for hydroxylation is 2. The second-order valence-electron chi connectivity index (χ2n) is 8.27. The van der Waals surface area contributed by atoms with Gasteiger partial charge in [0, 0.05) is 0 Å². The first-order chi connectivity index (χ1) is 13.1. The molecule has 0 spiro atoms. The number of hydrogen-bond acceptors (Lipinski definition) is 2. The predicted molar refractivity (Wildman–Crippen MR) is 133 cm³/mol. The Morgan fingerprint density at radius 1 is 0.655 bits per heavy atom. The zero-order chi connectivity index (χ0) is 19.5. The van der Waals surface area contributed by atoms with Crippen LogP contribution in [0.2, 0.25) is 0 Å². The van der Waals surface area contributed by atoms with Crippen molar-refractivity contribution >= 4 is 24.8 Å². The van der Waals surface area contributed by atoms with E-state index >= 15 is 0 Å². The Labute approximate surface area is 191 Å². The largest absolute Gasteiger partial charge is 0.309 e. The summed E-state index contributed by atoms with van der Waals surface area (Å²) in [6.45, 7) is 2.35. The van der Waals surface area contributed by atoms with E-state index in [0.29, 0.717) is 5.92 Å². The molecule has 29 heavy (non-hydrogen) atoms. The van der Waals surface area contributed by atoms with Crippen LogP contribution in [0.4, 0.5) is 0 Å². The highest BCUT2D eigenvalue weighted by atomic mass is 35.5. The molecule has 2 aromatic carbocycles. The zero-order valence-electron chi connectivity index (χ0n) is 18.6. The van der Waals surface area contributed by atoms with Crippen molar-refractivity contribution in [1.29, 1.82) is 0 Å². The molecule has 0 atom stereocenters. The van der Waals surface area contributed by atoms with Gasteiger partial charge in [-0.2, -0.15) is 0 Å². The molecule has 164 valence electrons. The van der Waals surface area contributed by atoms with Gasteiger partial charge >= 0.3 is 0 Å². The highest BCUT2D eigenvalue weighted by Crippen LogP contribution is 2.30. The molecule has 0 radical (unpaired) electrons. The molecule has 2 aromatic rings. The highest BCUT2D eigenvalue weighted by molar-refractivity contribution is 5.85. The van der Waals surface area contributed by atoms with Crippen molar-refractivity contribution < 1.29 is 0 Å². The van der Waals surface area contributed by atoms with E-state index in [4.69, 9.17) is 0 Å². The lowest BCUT2D eigenvalue weighted by Crippen LogP contribution is -2.16. The van der Waals surface area contributed by atoms with E-state index in [-0.39, 0.29) is 24.8 Å². The van der Waals surface area contributed by atoms with Crippen LogP contribution in [0.3, 0.4) is 0 Å². The van der Waals surface area contributed by atoms with Crippen molar-refractivity contribution in [3.63, 3.8) is 0 Å². The van der Waals surface area contributed by atoms with Gasteiger partial charge in [0.05, 0.1) is 0 Å². The summed E-state index contributed by atoms with van der Waals surface area (Å²) in [4.78, 5) is 4.61. The van der Waals surface area contributed by atoms with Gasteiger partial charge in [0.1, 0.15) is 0 Å². The molecule has 0 amide bonds. The predicted octanol–water partition coefficient (Wildman–Crippen LogP) is 6.08. The van der Waals surface area contributed by atoms with Gasteiger partial charge in [-0.25, -0.2) is 0 Å². The van der Waals surface area contributed by atoms with Gasteiger partial charge in [-0.15, -0.1) is 24.8 Å². The van der Waals surface area contributed by atoms with E-state index in [1.807, 2.05) is 0 Å². The third kappa shape index (κ3) is 11.1. The molecule has 0 aliphatic rings. The molecular formula is C25H40Cl2N2.